The minimum absolute atomic E-state index is 0.844. The van der Waals surface area contributed by atoms with Gasteiger partial charge in [0.15, 0.2) is 0 Å². The summed E-state index contributed by atoms with van der Waals surface area (Å²) in [6.07, 6.45) is 3.34. The van der Waals surface area contributed by atoms with E-state index in [-0.39, 0.29) is 0 Å². The van der Waals surface area contributed by atoms with Crippen LogP contribution in [0.15, 0.2) is 21.1 Å². The molecule has 0 bridgehead atoms. The Hall–Kier alpha value is 0.290. The summed E-state index contributed by atoms with van der Waals surface area (Å²) in [4.78, 5) is 0. The van der Waals surface area contributed by atoms with Gasteiger partial charge >= 0.3 is 0 Å². The lowest BCUT2D eigenvalue weighted by molar-refractivity contribution is 0.409. The summed E-state index contributed by atoms with van der Waals surface area (Å²) in [6, 6.07) is 4.18. The van der Waals surface area contributed by atoms with Crippen LogP contribution in [0.25, 0.3) is 0 Å². The topological polar surface area (TPSA) is 21.3 Å². The molecule has 1 N–H and O–H groups in total. The van der Waals surface area contributed by atoms with Crippen LogP contribution < -0.4 is 10.1 Å². The molecule has 0 aliphatic rings. The van der Waals surface area contributed by atoms with Crippen molar-refractivity contribution in [2.24, 2.45) is 0 Å². The van der Waals surface area contributed by atoms with Gasteiger partial charge < -0.3 is 10.1 Å². The summed E-state index contributed by atoms with van der Waals surface area (Å²) >= 11 is 8.90. The summed E-state index contributed by atoms with van der Waals surface area (Å²) in [6.45, 7) is 1.94. The van der Waals surface area contributed by atoms with Crippen LogP contribution in [0.1, 0.15) is 12.0 Å². The van der Waals surface area contributed by atoms with Gasteiger partial charge in [0, 0.05) is 6.54 Å². The maximum atomic E-state index is 5.27. The molecule has 0 fully saturated rings. The molecule has 17 heavy (non-hydrogen) atoms. The van der Waals surface area contributed by atoms with Gasteiger partial charge in [-0.2, -0.15) is 11.8 Å². The summed E-state index contributed by atoms with van der Waals surface area (Å²) in [5, 5.41) is 3.43. The van der Waals surface area contributed by atoms with Gasteiger partial charge in [-0.15, -0.1) is 0 Å². The maximum Gasteiger partial charge on any atom is 0.147 e. The highest BCUT2D eigenvalue weighted by molar-refractivity contribution is 9.11. The number of benzene rings is 1. The van der Waals surface area contributed by atoms with E-state index in [1.807, 2.05) is 11.8 Å². The van der Waals surface area contributed by atoms with E-state index in [4.69, 9.17) is 4.74 Å². The third-order valence-corrected chi connectivity index (χ3v) is 4.17. The molecule has 0 aromatic heterocycles. The van der Waals surface area contributed by atoms with Gasteiger partial charge in [-0.3, -0.25) is 0 Å². The Balaban J connectivity index is 2.49. The lowest BCUT2D eigenvalue weighted by atomic mass is 10.2. The highest BCUT2D eigenvalue weighted by Crippen LogP contribution is 2.34. The fourth-order valence-electron chi connectivity index (χ4n) is 1.48. The molecule has 0 spiro atoms. The van der Waals surface area contributed by atoms with Crippen molar-refractivity contribution in [3.05, 3.63) is 26.6 Å². The Labute approximate surface area is 124 Å². The van der Waals surface area contributed by atoms with E-state index in [0.717, 1.165) is 27.8 Å². The van der Waals surface area contributed by atoms with Crippen LogP contribution in [0.3, 0.4) is 0 Å². The van der Waals surface area contributed by atoms with Crippen LogP contribution in [0.4, 0.5) is 0 Å². The highest BCUT2D eigenvalue weighted by Gasteiger charge is 2.07. The first-order valence-electron chi connectivity index (χ1n) is 5.40. The number of hydrogen-bond donors (Lipinski definition) is 1. The molecule has 0 amide bonds. The second kappa shape index (κ2) is 8.40. The van der Waals surface area contributed by atoms with Gasteiger partial charge in [0.1, 0.15) is 5.75 Å². The molecule has 1 aromatic rings. The Morgan fingerprint density at radius 2 is 1.94 bits per heavy atom. The van der Waals surface area contributed by atoms with Crippen LogP contribution in [0, 0.1) is 0 Å². The lowest BCUT2D eigenvalue weighted by Gasteiger charge is -2.10. The summed E-state index contributed by atoms with van der Waals surface area (Å²) in [5.74, 6) is 2.05. The number of nitrogens with one attached hydrogen (secondary N) is 1. The number of hydrogen-bond acceptors (Lipinski definition) is 3. The number of ether oxygens (including phenoxy) is 1. The van der Waals surface area contributed by atoms with Crippen LogP contribution in [-0.2, 0) is 6.54 Å². The summed E-state index contributed by atoms with van der Waals surface area (Å²) in [5.41, 5.74) is 1.24. The zero-order chi connectivity index (χ0) is 12.7. The largest absolute Gasteiger partial charge is 0.494 e. The van der Waals surface area contributed by atoms with E-state index in [0.29, 0.717) is 0 Å². The van der Waals surface area contributed by atoms with Gasteiger partial charge in [-0.25, -0.2) is 0 Å². The van der Waals surface area contributed by atoms with Crippen LogP contribution >= 0.6 is 43.6 Å². The molecule has 0 saturated heterocycles. The van der Waals surface area contributed by atoms with Crippen molar-refractivity contribution in [1.29, 1.82) is 0 Å². The summed E-state index contributed by atoms with van der Waals surface area (Å²) < 4.78 is 7.23. The average Bonchev–Trinajstić information content (AvgIpc) is 2.28. The first-order chi connectivity index (χ1) is 8.19. The minimum atomic E-state index is 0.844. The number of rotatable bonds is 7. The van der Waals surface area contributed by atoms with Crippen molar-refractivity contribution in [3.8, 4) is 5.75 Å². The molecular formula is C12H17Br2NOS. The van der Waals surface area contributed by atoms with Gasteiger partial charge in [-0.05, 0) is 74.5 Å². The first kappa shape index (κ1) is 15.3. The van der Waals surface area contributed by atoms with Gasteiger partial charge in [0.05, 0.1) is 16.1 Å². The predicted molar refractivity (Wildman–Crippen MR) is 83.1 cm³/mol. The van der Waals surface area contributed by atoms with E-state index in [1.165, 1.54) is 17.7 Å². The van der Waals surface area contributed by atoms with E-state index in [2.05, 4.69) is 55.6 Å². The quantitative estimate of drug-likeness (QED) is 0.718. The fourth-order valence-corrected chi connectivity index (χ4v) is 3.52. The lowest BCUT2D eigenvalue weighted by Crippen LogP contribution is -2.15. The Bertz CT molecular complexity index is 337. The van der Waals surface area contributed by atoms with Gasteiger partial charge in [0.25, 0.3) is 0 Å². The predicted octanol–water partition coefficient (Wildman–Crippen LogP) is 4.06. The van der Waals surface area contributed by atoms with E-state index >= 15 is 0 Å². The molecule has 96 valence electrons. The maximum absolute atomic E-state index is 5.27. The number of thioether (sulfide) groups is 1. The van der Waals surface area contributed by atoms with Crippen molar-refractivity contribution in [2.75, 3.05) is 25.7 Å². The molecule has 0 unspecified atom stereocenters. The molecule has 0 saturated carbocycles. The molecule has 0 aliphatic heterocycles. The number of halogens is 2. The molecule has 0 aliphatic carbocycles. The Kier molecular flexibility index (Phi) is 7.59. The van der Waals surface area contributed by atoms with Crippen molar-refractivity contribution in [1.82, 2.24) is 5.32 Å². The molecule has 2 nitrogen and oxygen atoms in total. The molecule has 1 aromatic carbocycles. The van der Waals surface area contributed by atoms with Crippen molar-refractivity contribution in [3.63, 3.8) is 0 Å². The van der Waals surface area contributed by atoms with E-state index in [9.17, 15) is 0 Å². The number of methoxy groups -OCH3 is 1. The third-order valence-electron chi connectivity index (χ3n) is 2.29. The molecule has 5 heteroatoms. The van der Waals surface area contributed by atoms with Crippen molar-refractivity contribution in [2.45, 2.75) is 13.0 Å². The minimum Gasteiger partial charge on any atom is -0.494 e. The highest BCUT2D eigenvalue weighted by atomic mass is 79.9. The molecule has 0 radical (unpaired) electrons. The van der Waals surface area contributed by atoms with Crippen LogP contribution in [0.5, 0.6) is 5.75 Å². The second-order valence-corrected chi connectivity index (χ2v) is 6.31. The van der Waals surface area contributed by atoms with Gasteiger partial charge in [-0.1, -0.05) is 0 Å². The smallest absolute Gasteiger partial charge is 0.147 e. The van der Waals surface area contributed by atoms with E-state index < -0.39 is 0 Å². The van der Waals surface area contributed by atoms with Crippen LogP contribution in [0.2, 0.25) is 0 Å². The Morgan fingerprint density at radius 1 is 1.29 bits per heavy atom. The second-order valence-electron chi connectivity index (χ2n) is 3.62. The normalized spacial score (nSPS) is 10.6. The van der Waals surface area contributed by atoms with Crippen LogP contribution in [-0.4, -0.2) is 25.7 Å². The molecule has 0 atom stereocenters. The first-order valence-corrected chi connectivity index (χ1v) is 8.38. The monoisotopic (exact) mass is 381 g/mol. The zero-order valence-corrected chi connectivity index (χ0v) is 14.0. The molecule has 0 heterocycles. The summed E-state index contributed by atoms with van der Waals surface area (Å²) in [7, 11) is 1.67. The molecule has 1 rings (SSSR count). The average molecular weight is 383 g/mol. The third kappa shape index (κ3) is 5.20. The standard InChI is InChI=1S/C12H17Br2NOS/c1-16-12-10(13)6-9(7-11(12)14)8-15-4-3-5-17-2/h6-7,15H,3-5,8H2,1-2H3. The van der Waals surface area contributed by atoms with E-state index in [1.54, 1.807) is 7.11 Å². The SMILES string of the molecule is COc1c(Br)cc(CNCCCSC)cc1Br. The zero-order valence-electron chi connectivity index (χ0n) is 10.1. The van der Waals surface area contributed by atoms with Crippen molar-refractivity contribution >= 4 is 43.6 Å². The fraction of sp³-hybridized carbons (Fsp3) is 0.500. The molecular weight excluding hydrogens is 366 g/mol. The Morgan fingerprint density at radius 3 is 2.47 bits per heavy atom. The van der Waals surface area contributed by atoms with Gasteiger partial charge in [0.2, 0.25) is 0 Å². The van der Waals surface area contributed by atoms with Crippen molar-refractivity contribution < 1.29 is 4.74 Å².